The molecule has 1 heteroatoms. The molecule has 0 saturated heterocycles. The lowest BCUT2D eigenvalue weighted by Gasteiger charge is -2.05. The minimum Gasteiger partial charge on any atom is -0.390 e. The summed E-state index contributed by atoms with van der Waals surface area (Å²) in [7, 11) is 0. The molecular weight excluding hydrogens is 112 g/mol. The predicted molar refractivity (Wildman–Crippen MR) is 39.2 cm³/mol. The van der Waals surface area contributed by atoms with Crippen molar-refractivity contribution in [1.82, 2.24) is 0 Å². The van der Waals surface area contributed by atoms with E-state index in [1.165, 1.54) is 19.4 Å². The van der Waals surface area contributed by atoms with Crippen LogP contribution >= 0.6 is 0 Å². The van der Waals surface area contributed by atoms with Gasteiger partial charge in [0.1, 0.15) is 0 Å². The van der Waals surface area contributed by atoms with E-state index < -0.39 is 0 Å². The predicted octanol–water partition coefficient (Wildman–Crippen LogP) is 2.55. The van der Waals surface area contributed by atoms with Gasteiger partial charge in [-0.15, -0.1) is 0 Å². The Hall–Kier alpha value is -0.0400. The maximum atomic E-state index is 8.37. The van der Waals surface area contributed by atoms with Crippen LogP contribution in [0.25, 0.3) is 0 Å². The zero-order valence-electron chi connectivity index (χ0n) is 6.14. The minimum absolute atomic E-state index is 0.412. The molecular formula is C8H16O. The van der Waals surface area contributed by atoms with Crippen LogP contribution in [-0.2, 0) is 0 Å². The second kappa shape index (κ2) is 6.09. The maximum Gasteiger partial charge on any atom is 0.0801 e. The standard InChI is InChI=1S/C8H16O/c1-3-4-5-8(2)6-7-9/h7-9H,2-6H2,1H3. The molecule has 0 aliphatic heterocycles. The molecule has 9 heavy (non-hydrogen) atoms. The maximum absolute atomic E-state index is 8.37. The highest BCUT2D eigenvalue weighted by Gasteiger charge is 1.98. The smallest absolute Gasteiger partial charge is 0.0801 e. The highest BCUT2D eigenvalue weighted by Crippen LogP contribution is 2.11. The quantitative estimate of drug-likeness (QED) is 0.603. The third-order valence-electron chi connectivity index (χ3n) is 1.40. The van der Waals surface area contributed by atoms with Gasteiger partial charge in [0.15, 0.2) is 0 Å². The van der Waals surface area contributed by atoms with Crippen molar-refractivity contribution in [2.45, 2.75) is 32.6 Å². The van der Waals surface area contributed by atoms with Crippen LogP contribution < -0.4 is 0 Å². The van der Waals surface area contributed by atoms with Crippen LogP contribution in [-0.4, -0.2) is 5.11 Å². The molecule has 0 saturated carbocycles. The van der Waals surface area contributed by atoms with Gasteiger partial charge in [0.25, 0.3) is 0 Å². The molecule has 0 amide bonds. The van der Waals surface area contributed by atoms with Crippen LogP contribution in [0.5, 0.6) is 0 Å². The van der Waals surface area contributed by atoms with E-state index in [1.54, 1.807) is 0 Å². The third kappa shape index (κ3) is 5.84. The van der Waals surface area contributed by atoms with Gasteiger partial charge >= 0.3 is 0 Å². The number of unbranched alkanes of at least 4 members (excludes halogenated alkanes) is 1. The van der Waals surface area contributed by atoms with Crippen LogP contribution in [0.4, 0.5) is 0 Å². The van der Waals surface area contributed by atoms with Gasteiger partial charge in [0.2, 0.25) is 0 Å². The van der Waals surface area contributed by atoms with Crippen molar-refractivity contribution >= 4 is 0 Å². The van der Waals surface area contributed by atoms with Crippen molar-refractivity contribution < 1.29 is 5.11 Å². The molecule has 0 rings (SSSR count). The zero-order valence-corrected chi connectivity index (χ0v) is 6.14. The molecule has 0 aromatic carbocycles. The Morgan fingerprint density at radius 2 is 2.33 bits per heavy atom. The van der Waals surface area contributed by atoms with Gasteiger partial charge in [-0.25, -0.2) is 0 Å². The van der Waals surface area contributed by atoms with E-state index in [-0.39, 0.29) is 0 Å². The molecule has 0 spiro atoms. The lowest BCUT2D eigenvalue weighted by Crippen LogP contribution is -1.94. The van der Waals surface area contributed by atoms with Gasteiger partial charge in [-0.05, 0) is 12.3 Å². The summed E-state index contributed by atoms with van der Waals surface area (Å²) in [6, 6.07) is 0. The Balaban J connectivity index is 2.95. The van der Waals surface area contributed by atoms with Crippen LogP contribution in [0.2, 0.25) is 0 Å². The summed E-state index contributed by atoms with van der Waals surface area (Å²) in [4.78, 5) is 0. The van der Waals surface area contributed by atoms with Gasteiger partial charge in [-0.3, -0.25) is 0 Å². The highest BCUT2D eigenvalue weighted by atomic mass is 16.2. The molecule has 0 heterocycles. The van der Waals surface area contributed by atoms with E-state index in [0.29, 0.717) is 5.92 Å². The summed E-state index contributed by atoms with van der Waals surface area (Å²) in [5, 5.41) is 8.37. The van der Waals surface area contributed by atoms with Gasteiger partial charge < -0.3 is 5.11 Å². The topological polar surface area (TPSA) is 20.2 Å². The Kier molecular flexibility index (Phi) is 6.06. The second-order valence-electron chi connectivity index (χ2n) is 2.43. The lowest BCUT2D eigenvalue weighted by atomic mass is 10.0. The van der Waals surface area contributed by atoms with Gasteiger partial charge in [-0.1, -0.05) is 33.1 Å². The number of hydrogen-bond acceptors (Lipinski definition) is 1. The summed E-state index contributed by atoms with van der Waals surface area (Å²) in [6.07, 6.45) is 4.31. The Bertz CT molecular complexity index is 52.5. The molecule has 1 atom stereocenters. The first-order chi connectivity index (χ1) is 4.31. The molecule has 1 unspecified atom stereocenters. The summed E-state index contributed by atoms with van der Waals surface area (Å²) in [6.45, 7) is 7.24. The number of hydrogen-bond donors (Lipinski definition) is 1. The Labute approximate surface area is 58.1 Å². The molecule has 2 radical (unpaired) electrons. The SMILES string of the molecule is [CH2]C(C[CH]O)CCCC. The van der Waals surface area contributed by atoms with E-state index in [2.05, 4.69) is 13.8 Å². The average molecular weight is 128 g/mol. The lowest BCUT2D eigenvalue weighted by molar-refractivity contribution is 0.346. The highest BCUT2D eigenvalue weighted by molar-refractivity contribution is 4.64. The fourth-order valence-corrected chi connectivity index (χ4v) is 0.760. The molecule has 0 fully saturated rings. The summed E-state index contributed by atoms with van der Waals surface area (Å²) >= 11 is 0. The fourth-order valence-electron chi connectivity index (χ4n) is 0.760. The van der Waals surface area contributed by atoms with Gasteiger partial charge in [0.05, 0.1) is 6.61 Å². The van der Waals surface area contributed by atoms with Crippen molar-refractivity contribution in [3.05, 3.63) is 13.5 Å². The molecule has 54 valence electrons. The normalized spacial score (nSPS) is 13.7. The Morgan fingerprint density at radius 1 is 1.67 bits per heavy atom. The van der Waals surface area contributed by atoms with Crippen molar-refractivity contribution in [2.24, 2.45) is 5.92 Å². The number of rotatable bonds is 5. The molecule has 0 aromatic rings. The molecule has 1 N–H and O–H groups in total. The largest absolute Gasteiger partial charge is 0.390 e. The van der Waals surface area contributed by atoms with Crippen LogP contribution in [0.1, 0.15) is 32.6 Å². The molecule has 0 aliphatic carbocycles. The fraction of sp³-hybridized carbons (Fsp3) is 0.750. The molecule has 0 bridgehead atoms. The van der Waals surface area contributed by atoms with Crippen molar-refractivity contribution in [3.8, 4) is 0 Å². The number of aliphatic hydroxyl groups excluding tert-OH is 1. The average Bonchev–Trinajstić information content (AvgIpc) is 1.85. The summed E-state index contributed by atoms with van der Waals surface area (Å²) < 4.78 is 0. The zero-order chi connectivity index (χ0) is 7.11. The van der Waals surface area contributed by atoms with E-state index in [1.807, 2.05) is 0 Å². The van der Waals surface area contributed by atoms with E-state index in [9.17, 15) is 0 Å². The summed E-state index contributed by atoms with van der Waals surface area (Å²) in [5.74, 6) is 0.412. The monoisotopic (exact) mass is 128 g/mol. The first-order valence-corrected chi connectivity index (χ1v) is 3.60. The second-order valence-corrected chi connectivity index (χ2v) is 2.43. The Morgan fingerprint density at radius 3 is 2.78 bits per heavy atom. The molecule has 0 aromatic heterocycles. The van der Waals surface area contributed by atoms with Crippen LogP contribution in [0, 0.1) is 19.4 Å². The molecule has 0 aliphatic rings. The third-order valence-corrected chi connectivity index (χ3v) is 1.40. The summed E-state index contributed by atoms with van der Waals surface area (Å²) in [5.41, 5.74) is 0. The van der Waals surface area contributed by atoms with E-state index in [0.717, 1.165) is 12.8 Å². The van der Waals surface area contributed by atoms with E-state index in [4.69, 9.17) is 5.11 Å². The van der Waals surface area contributed by atoms with E-state index >= 15 is 0 Å². The van der Waals surface area contributed by atoms with Crippen molar-refractivity contribution in [2.75, 3.05) is 0 Å². The van der Waals surface area contributed by atoms with Crippen LogP contribution in [0.3, 0.4) is 0 Å². The van der Waals surface area contributed by atoms with Crippen molar-refractivity contribution in [1.29, 1.82) is 0 Å². The first-order valence-electron chi connectivity index (χ1n) is 3.60. The first kappa shape index (κ1) is 8.96. The molecule has 1 nitrogen and oxygen atoms in total. The van der Waals surface area contributed by atoms with Gasteiger partial charge in [-0.2, -0.15) is 0 Å². The number of aliphatic hydroxyl groups is 1. The van der Waals surface area contributed by atoms with Crippen molar-refractivity contribution in [3.63, 3.8) is 0 Å². The minimum atomic E-state index is 0.412. The van der Waals surface area contributed by atoms with Crippen LogP contribution in [0.15, 0.2) is 0 Å². The van der Waals surface area contributed by atoms with Gasteiger partial charge in [0, 0.05) is 0 Å².